The molecule has 3 N–H and O–H groups in total. The molecule has 1 atom stereocenters. The number of likely N-dealkylation sites (N-methyl/N-ethyl adjacent to an activating group) is 1. The smallest absolute Gasteiger partial charge is 0.239 e. The molecule has 5 heteroatoms. The third kappa shape index (κ3) is 2.70. The Kier molecular flexibility index (Phi) is 3.88. The van der Waals surface area contributed by atoms with Gasteiger partial charge in [0.15, 0.2) is 0 Å². The highest BCUT2D eigenvalue weighted by atomic mass is 16.2. The molecule has 5 nitrogen and oxygen atoms in total. The number of carbonyl (C=O) groups excluding carboxylic acids is 2. The Bertz CT molecular complexity index is 230. The first-order valence-electron chi connectivity index (χ1n) is 4.90. The third-order valence-corrected chi connectivity index (χ3v) is 2.44. The van der Waals surface area contributed by atoms with Crippen LogP contribution in [0.1, 0.15) is 19.3 Å². The van der Waals surface area contributed by atoms with Gasteiger partial charge in [0.05, 0.1) is 12.6 Å². The van der Waals surface area contributed by atoms with Crippen LogP contribution in [0.2, 0.25) is 0 Å². The summed E-state index contributed by atoms with van der Waals surface area (Å²) in [5.74, 6) is -0.251. The number of nitrogens with zero attached hydrogens (tertiary/aromatic N) is 1. The largest absolute Gasteiger partial charge is 0.358 e. The molecule has 0 spiro atoms. The number of likely N-dealkylation sites (tertiary alicyclic amines) is 1. The average molecular weight is 199 g/mol. The lowest BCUT2D eigenvalue weighted by atomic mass is 10.1. The minimum Gasteiger partial charge on any atom is -0.358 e. The second-order valence-electron chi connectivity index (χ2n) is 3.54. The molecular formula is C9H17N3O2. The van der Waals surface area contributed by atoms with Crippen molar-refractivity contribution in [1.29, 1.82) is 0 Å². The summed E-state index contributed by atoms with van der Waals surface area (Å²) in [7, 11) is 1.56. The Hall–Kier alpha value is -1.10. The molecule has 0 radical (unpaired) electrons. The fourth-order valence-electron chi connectivity index (χ4n) is 1.54. The molecule has 0 aromatic rings. The molecule has 1 saturated heterocycles. The number of hydrogen-bond acceptors (Lipinski definition) is 3. The molecule has 1 unspecified atom stereocenters. The zero-order valence-corrected chi connectivity index (χ0v) is 8.45. The molecule has 1 fully saturated rings. The molecule has 2 amide bonds. The van der Waals surface area contributed by atoms with Crippen molar-refractivity contribution < 1.29 is 9.59 Å². The molecule has 0 aliphatic carbocycles. The van der Waals surface area contributed by atoms with Gasteiger partial charge in [-0.05, 0) is 19.3 Å². The van der Waals surface area contributed by atoms with Gasteiger partial charge >= 0.3 is 0 Å². The zero-order chi connectivity index (χ0) is 10.6. The predicted octanol–water partition coefficient (Wildman–Crippen LogP) is -0.928. The quantitative estimate of drug-likeness (QED) is 0.603. The number of carbonyl (C=O) groups is 2. The first-order valence-corrected chi connectivity index (χ1v) is 4.90. The van der Waals surface area contributed by atoms with Gasteiger partial charge in [0, 0.05) is 13.6 Å². The number of nitrogens with one attached hydrogen (secondary N) is 1. The van der Waals surface area contributed by atoms with Gasteiger partial charge in [-0.3, -0.25) is 9.59 Å². The SMILES string of the molecule is CNC(=O)CN1CCCCC(N)C1=O. The molecular weight excluding hydrogens is 182 g/mol. The molecule has 1 rings (SSSR count). The van der Waals surface area contributed by atoms with Crippen molar-refractivity contribution in [1.82, 2.24) is 10.2 Å². The van der Waals surface area contributed by atoms with Crippen LogP contribution in [0.5, 0.6) is 0 Å². The lowest BCUT2D eigenvalue weighted by Gasteiger charge is -2.21. The number of rotatable bonds is 2. The Labute approximate surface area is 83.6 Å². The molecule has 14 heavy (non-hydrogen) atoms. The van der Waals surface area contributed by atoms with Gasteiger partial charge in [-0.2, -0.15) is 0 Å². The van der Waals surface area contributed by atoms with Crippen LogP contribution in [0, 0.1) is 0 Å². The molecule has 0 bridgehead atoms. The van der Waals surface area contributed by atoms with Crippen molar-refractivity contribution >= 4 is 11.8 Å². The van der Waals surface area contributed by atoms with E-state index in [2.05, 4.69) is 5.32 Å². The minimum absolute atomic E-state index is 0.105. The number of hydrogen-bond donors (Lipinski definition) is 2. The van der Waals surface area contributed by atoms with Gasteiger partial charge in [0.1, 0.15) is 0 Å². The molecule has 0 saturated carbocycles. The summed E-state index contributed by atoms with van der Waals surface area (Å²) >= 11 is 0. The van der Waals surface area contributed by atoms with Crippen LogP contribution in [0.15, 0.2) is 0 Å². The monoisotopic (exact) mass is 199 g/mol. The first kappa shape index (κ1) is 11.0. The maximum atomic E-state index is 11.6. The van der Waals surface area contributed by atoms with Crippen LogP contribution in [0.25, 0.3) is 0 Å². The lowest BCUT2D eigenvalue weighted by molar-refractivity contribution is -0.136. The summed E-state index contributed by atoms with van der Waals surface area (Å²) in [6, 6.07) is -0.429. The highest BCUT2D eigenvalue weighted by molar-refractivity contribution is 5.87. The Morgan fingerprint density at radius 1 is 1.64 bits per heavy atom. The standard InChI is InChI=1S/C9H17N3O2/c1-11-8(13)6-12-5-3-2-4-7(10)9(12)14/h7H,2-6,10H2,1H3,(H,11,13). The number of amides is 2. The molecule has 1 heterocycles. The maximum absolute atomic E-state index is 11.6. The van der Waals surface area contributed by atoms with Crippen molar-refractivity contribution in [3.63, 3.8) is 0 Å². The van der Waals surface area contributed by atoms with Crippen molar-refractivity contribution in [2.45, 2.75) is 25.3 Å². The highest BCUT2D eigenvalue weighted by Crippen LogP contribution is 2.09. The molecule has 0 aromatic heterocycles. The normalized spacial score (nSPS) is 23.1. The minimum atomic E-state index is -0.429. The third-order valence-electron chi connectivity index (χ3n) is 2.44. The van der Waals surface area contributed by atoms with E-state index >= 15 is 0 Å². The van der Waals surface area contributed by atoms with Crippen LogP contribution >= 0.6 is 0 Å². The van der Waals surface area contributed by atoms with E-state index in [1.54, 1.807) is 7.05 Å². The van der Waals surface area contributed by atoms with Gasteiger partial charge in [-0.25, -0.2) is 0 Å². The van der Waals surface area contributed by atoms with Crippen molar-refractivity contribution in [2.24, 2.45) is 5.73 Å². The summed E-state index contributed by atoms with van der Waals surface area (Å²) in [5.41, 5.74) is 5.66. The molecule has 80 valence electrons. The second-order valence-corrected chi connectivity index (χ2v) is 3.54. The molecule has 1 aliphatic heterocycles. The Morgan fingerprint density at radius 3 is 3.00 bits per heavy atom. The summed E-state index contributed by atoms with van der Waals surface area (Å²) in [6.45, 7) is 0.767. The van der Waals surface area contributed by atoms with E-state index in [1.165, 1.54) is 4.90 Å². The van der Waals surface area contributed by atoms with Crippen molar-refractivity contribution in [2.75, 3.05) is 20.1 Å². The second kappa shape index (κ2) is 4.95. The zero-order valence-electron chi connectivity index (χ0n) is 8.45. The van der Waals surface area contributed by atoms with Crippen LogP contribution in [-0.2, 0) is 9.59 Å². The Balaban J connectivity index is 2.56. The topological polar surface area (TPSA) is 75.4 Å². The fourth-order valence-corrected chi connectivity index (χ4v) is 1.54. The van der Waals surface area contributed by atoms with E-state index in [0.717, 1.165) is 19.3 Å². The van der Waals surface area contributed by atoms with E-state index in [-0.39, 0.29) is 18.4 Å². The lowest BCUT2D eigenvalue weighted by Crippen LogP contribution is -2.46. The van der Waals surface area contributed by atoms with Crippen molar-refractivity contribution in [3.8, 4) is 0 Å². The summed E-state index contributed by atoms with van der Waals surface area (Å²) in [4.78, 5) is 24.3. The summed E-state index contributed by atoms with van der Waals surface area (Å²) < 4.78 is 0. The van der Waals surface area contributed by atoms with E-state index in [9.17, 15) is 9.59 Å². The summed E-state index contributed by atoms with van der Waals surface area (Å²) in [5, 5.41) is 2.49. The van der Waals surface area contributed by atoms with Gasteiger partial charge in [0.25, 0.3) is 0 Å². The van der Waals surface area contributed by atoms with E-state index < -0.39 is 6.04 Å². The van der Waals surface area contributed by atoms with E-state index in [0.29, 0.717) is 6.54 Å². The summed E-state index contributed by atoms with van der Waals surface area (Å²) in [6.07, 6.45) is 2.61. The highest BCUT2D eigenvalue weighted by Gasteiger charge is 2.24. The average Bonchev–Trinajstić information content (AvgIpc) is 2.33. The molecule has 1 aliphatic rings. The predicted molar refractivity (Wildman–Crippen MR) is 52.5 cm³/mol. The number of nitrogens with two attached hydrogens (primary N) is 1. The maximum Gasteiger partial charge on any atom is 0.239 e. The van der Waals surface area contributed by atoms with Crippen molar-refractivity contribution in [3.05, 3.63) is 0 Å². The van der Waals surface area contributed by atoms with Crippen LogP contribution in [-0.4, -0.2) is 42.9 Å². The van der Waals surface area contributed by atoms with E-state index in [1.807, 2.05) is 0 Å². The van der Waals surface area contributed by atoms with Gasteiger partial charge in [-0.15, -0.1) is 0 Å². The Morgan fingerprint density at radius 2 is 2.36 bits per heavy atom. The van der Waals surface area contributed by atoms with E-state index in [4.69, 9.17) is 5.73 Å². The molecule has 0 aromatic carbocycles. The van der Waals surface area contributed by atoms with Gasteiger partial charge in [0.2, 0.25) is 11.8 Å². The van der Waals surface area contributed by atoms with Gasteiger partial charge < -0.3 is 16.0 Å². The van der Waals surface area contributed by atoms with Crippen LogP contribution < -0.4 is 11.1 Å². The van der Waals surface area contributed by atoms with Crippen LogP contribution in [0.4, 0.5) is 0 Å². The van der Waals surface area contributed by atoms with Crippen LogP contribution in [0.3, 0.4) is 0 Å². The van der Waals surface area contributed by atoms with Gasteiger partial charge in [-0.1, -0.05) is 0 Å². The first-order chi connectivity index (χ1) is 6.65. The fraction of sp³-hybridized carbons (Fsp3) is 0.778.